The van der Waals surface area contributed by atoms with Crippen molar-refractivity contribution in [1.29, 1.82) is 0 Å². The van der Waals surface area contributed by atoms with E-state index in [9.17, 15) is 9.59 Å². The van der Waals surface area contributed by atoms with Gasteiger partial charge in [-0.2, -0.15) is 0 Å². The molecule has 0 aromatic heterocycles. The van der Waals surface area contributed by atoms with Crippen LogP contribution in [0.3, 0.4) is 0 Å². The van der Waals surface area contributed by atoms with Gasteiger partial charge in [0, 0.05) is 13.1 Å². The van der Waals surface area contributed by atoms with E-state index >= 15 is 0 Å². The third-order valence-electron chi connectivity index (χ3n) is 4.78. The van der Waals surface area contributed by atoms with Crippen LogP contribution in [0.1, 0.15) is 34.6 Å². The SMILES string of the molecule is CC1(C)OC(=O)N2CCN3C(=O)OC(C)(C)[C@]3(C)C=C21. The van der Waals surface area contributed by atoms with Gasteiger partial charge in [0.2, 0.25) is 0 Å². The molecule has 3 aliphatic rings. The number of fused-ring (bicyclic) bond motifs is 2. The van der Waals surface area contributed by atoms with E-state index in [1.54, 1.807) is 9.80 Å². The molecule has 2 amide bonds. The van der Waals surface area contributed by atoms with Crippen LogP contribution < -0.4 is 0 Å². The summed E-state index contributed by atoms with van der Waals surface area (Å²) in [5.41, 5.74) is -1.13. The molecule has 0 N–H and O–H groups in total. The summed E-state index contributed by atoms with van der Waals surface area (Å²) in [4.78, 5) is 27.4. The summed E-state index contributed by atoms with van der Waals surface area (Å²) in [6, 6.07) is 0. The van der Waals surface area contributed by atoms with Crippen molar-refractivity contribution in [1.82, 2.24) is 9.80 Å². The van der Waals surface area contributed by atoms with Crippen molar-refractivity contribution in [3.05, 3.63) is 11.8 Å². The Labute approximate surface area is 118 Å². The summed E-state index contributed by atoms with van der Waals surface area (Å²) in [6.45, 7) is 10.3. The highest BCUT2D eigenvalue weighted by Gasteiger charge is 2.59. The van der Waals surface area contributed by atoms with Crippen LogP contribution in [0.4, 0.5) is 9.59 Å². The Kier molecular flexibility index (Phi) is 2.31. The van der Waals surface area contributed by atoms with Gasteiger partial charge in [-0.15, -0.1) is 0 Å². The number of amides is 2. The van der Waals surface area contributed by atoms with Crippen LogP contribution in [0.25, 0.3) is 0 Å². The van der Waals surface area contributed by atoms with Gasteiger partial charge >= 0.3 is 12.2 Å². The highest BCUT2D eigenvalue weighted by atomic mass is 16.6. The monoisotopic (exact) mass is 280 g/mol. The fourth-order valence-electron chi connectivity index (χ4n) is 3.15. The Balaban J connectivity index is 2.16. The molecule has 1 atom stereocenters. The molecule has 0 aromatic carbocycles. The zero-order valence-corrected chi connectivity index (χ0v) is 12.5. The molecule has 2 saturated heterocycles. The molecule has 0 aromatic rings. The Morgan fingerprint density at radius 1 is 1.00 bits per heavy atom. The first-order valence-corrected chi connectivity index (χ1v) is 6.83. The highest BCUT2D eigenvalue weighted by Crippen LogP contribution is 2.45. The van der Waals surface area contributed by atoms with E-state index in [4.69, 9.17) is 9.47 Å². The molecule has 0 unspecified atom stereocenters. The van der Waals surface area contributed by atoms with Gasteiger partial charge in [-0.1, -0.05) is 0 Å². The van der Waals surface area contributed by atoms with Gasteiger partial charge in [-0.05, 0) is 40.7 Å². The summed E-state index contributed by atoms with van der Waals surface area (Å²) in [6.07, 6.45) is 1.27. The van der Waals surface area contributed by atoms with Gasteiger partial charge < -0.3 is 9.47 Å². The van der Waals surface area contributed by atoms with Gasteiger partial charge in [0.25, 0.3) is 0 Å². The highest BCUT2D eigenvalue weighted by molar-refractivity contribution is 5.77. The fraction of sp³-hybridized carbons (Fsp3) is 0.714. The summed E-state index contributed by atoms with van der Waals surface area (Å²) < 4.78 is 10.9. The average molecular weight is 280 g/mol. The van der Waals surface area contributed by atoms with E-state index in [1.165, 1.54) is 0 Å². The summed E-state index contributed by atoms with van der Waals surface area (Å²) in [5.74, 6) is 0. The molecule has 2 fully saturated rings. The standard InChI is InChI=1S/C14H20N2O4/c1-12(2)9-8-14(5)13(3,4)20-11(18)16(14)7-6-15(9)10(17)19-12/h8H,6-7H2,1-5H3/t14-/m0/s1. The Hall–Kier alpha value is -1.72. The molecule has 3 rings (SSSR count). The smallest absolute Gasteiger partial charge is 0.415 e. The Morgan fingerprint density at radius 2 is 1.65 bits per heavy atom. The van der Waals surface area contributed by atoms with Crippen LogP contribution in [-0.2, 0) is 9.47 Å². The first kappa shape index (κ1) is 13.3. The number of carbonyl (C=O) groups excluding carboxylic acids is 2. The quantitative estimate of drug-likeness (QED) is 0.682. The molecule has 110 valence electrons. The van der Waals surface area contributed by atoms with Crippen molar-refractivity contribution in [2.45, 2.75) is 51.4 Å². The molecule has 6 nitrogen and oxygen atoms in total. The second kappa shape index (κ2) is 3.48. The van der Waals surface area contributed by atoms with Crippen molar-refractivity contribution in [2.24, 2.45) is 0 Å². The number of cyclic esters (lactones) is 2. The van der Waals surface area contributed by atoms with Crippen molar-refractivity contribution in [2.75, 3.05) is 13.1 Å². The van der Waals surface area contributed by atoms with Gasteiger partial charge in [-0.3, -0.25) is 9.80 Å². The van der Waals surface area contributed by atoms with Crippen LogP contribution in [0.15, 0.2) is 11.8 Å². The third-order valence-corrected chi connectivity index (χ3v) is 4.78. The maximum absolute atomic E-state index is 12.1. The molecule has 6 heteroatoms. The van der Waals surface area contributed by atoms with Crippen LogP contribution >= 0.6 is 0 Å². The van der Waals surface area contributed by atoms with E-state index in [2.05, 4.69) is 0 Å². The first-order valence-electron chi connectivity index (χ1n) is 6.83. The topological polar surface area (TPSA) is 59.1 Å². The second-order valence-corrected chi connectivity index (χ2v) is 6.74. The van der Waals surface area contributed by atoms with Gasteiger partial charge in [0.15, 0.2) is 0 Å². The minimum absolute atomic E-state index is 0.332. The molecule has 20 heavy (non-hydrogen) atoms. The molecular formula is C14H20N2O4. The minimum Gasteiger partial charge on any atom is -0.441 e. The number of nitrogens with zero attached hydrogens (tertiary/aromatic N) is 2. The summed E-state index contributed by atoms with van der Waals surface area (Å²) in [7, 11) is 0. The van der Waals surface area contributed by atoms with E-state index in [-0.39, 0.29) is 12.2 Å². The zero-order valence-electron chi connectivity index (χ0n) is 12.5. The van der Waals surface area contributed by atoms with Crippen LogP contribution in [-0.4, -0.2) is 51.8 Å². The molecule has 0 spiro atoms. The van der Waals surface area contributed by atoms with Gasteiger partial charge in [0.05, 0.1) is 5.70 Å². The number of hydrogen-bond donors (Lipinski definition) is 0. The van der Waals surface area contributed by atoms with Crippen molar-refractivity contribution >= 4 is 12.2 Å². The molecule has 3 heterocycles. The lowest BCUT2D eigenvalue weighted by Gasteiger charge is -2.37. The van der Waals surface area contributed by atoms with E-state index in [0.29, 0.717) is 13.1 Å². The van der Waals surface area contributed by atoms with Crippen molar-refractivity contribution in [3.63, 3.8) is 0 Å². The lowest BCUT2D eigenvalue weighted by molar-refractivity contribution is 0.0467. The molecule has 0 bridgehead atoms. The average Bonchev–Trinajstić information content (AvgIpc) is 2.52. The van der Waals surface area contributed by atoms with E-state index in [0.717, 1.165) is 5.70 Å². The lowest BCUT2D eigenvalue weighted by atomic mass is 9.81. The molecular weight excluding hydrogens is 260 g/mol. The van der Waals surface area contributed by atoms with Crippen molar-refractivity contribution in [3.8, 4) is 0 Å². The lowest BCUT2D eigenvalue weighted by Crippen LogP contribution is -2.52. The largest absolute Gasteiger partial charge is 0.441 e. The molecule has 0 saturated carbocycles. The summed E-state index contributed by atoms with van der Waals surface area (Å²) in [5, 5.41) is 0. The molecule has 3 aliphatic heterocycles. The fourth-order valence-corrected chi connectivity index (χ4v) is 3.15. The Morgan fingerprint density at radius 3 is 2.30 bits per heavy atom. The third kappa shape index (κ3) is 1.45. The van der Waals surface area contributed by atoms with Crippen molar-refractivity contribution < 1.29 is 19.1 Å². The Bertz CT molecular complexity index is 537. The number of hydrogen-bond acceptors (Lipinski definition) is 4. The van der Waals surface area contributed by atoms with Crippen LogP contribution in [0.2, 0.25) is 0 Å². The maximum Gasteiger partial charge on any atom is 0.415 e. The minimum atomic E-state index is -0.683. The maximum atomic E-state index is 12.1. The van der Waals surface area contributed by atoms with E-state index in [1.807, 2.05) is 40.7 Å². The number of rotatable bonds is 0. The van der Waals surface area contributed by atoms with Crippen LogP contribution in [0, 0.1) is 0 Å². The van der Waals surface area contributed by atoms with E-state index < -0.39 is 16.7 Å². The van der Waals surface area contributed by atoms with Gasteiger partial charge in [0.1, 0.15) is 16.7 Å². The predicted molar refractivity (Wildman–Crippen MR) is 71.0 cm³/mol. The number of ether oxygens (including phenoxy) is 2. The first-order chi connectivity index (χ1) is 9.08. The van der Waals surface area contributed by atoms with Gasteiger partial charge in [-0.25, -0.2) is 9.59 Å². The summed E-state index contributed by atoms with van der Waals surface area (Å²) >= 11 is 0. The molecule has 0 aliphatic carbocycles. The zero-order chi connectivity index (χ0) is 14.9. The number of carbonyl (C=O) groups is 2. The second-order valence-electron chi connectivity index (χ2n) is 6.74. The predicted octanol–water partition coefficient (Wildman–Crippen LogP) is 2.10. The van der Waals surface area contributed by atoms with Crippen LogP contribution in [0.5, 0.6) is 0 Å². The normalized spacial score (nSPS) is 34.0. The molecule has 0 radical (unpaired) electrons.